The fourth-order valence-electron chi connectivity index (χ4n) is 1.47. The van der Waals surface area contributed by atoms with Crippen molar-refractivity contribution in [3.05, 3.63) is 46.0 Å². The molecule has 82 valence electrons. The van der Waals surface area contributed by atoms with Crippen molar-refractivity contribution < 1.29 is 0 Å². The SMILES string of the molecule is C=C(CC)CC(N)c1ccc(Br)c(C)c1. The molecule has 0 aliphatic rings. The standard InChI is InChI=1S/C13H18BrN/c1-4-9(2)7-13(15)11-5-6-12(14)10(3)8-11/h5-6,8,13H,2,4,7,15H2,1,3H3. The van der Waals surface area contributed by atoms with Gasteiger partial charge in [0, 0.05) is 10.5 Å². The first-order valence-electron chi connectivity index (χ1n) is 5.23. The van der Waals surface area contributed by atoms with Gasteiger partial charge in [-0.2, -0.15) is 0 Å². The summed E-state index contributed by atoms with van der Waals surface area (Å²) >= 11 is 3.48. The fourth-order valence-corrected chi connectivity index (χ4v) is 1.72. The summed E-state index contributed by atoms with van der Waals surface area (Å²) in [5, 5.41) is 0. The number of aryl methyl sites for hydroxylation is 1. The van der Waals surface area contributed by atoms with Crippen LogP contribution in [0.5, 0.6) is 0 Å². The minimum absolute atomic E-state index is 0.0734. The van der Waals surface area contributed by atoms with Gasteiger partial charge in [0.05, 0.1) is 0 Å². The van der Waals surface area contributed by atoms with Gasteiger partial charge in [-0.15, -0.1) is 0 Å². The molecule has 0 amide bonds. The summed E-state index contributed by atoms with van der Waals surface area (Å²) in [6, 6.07) is 6.34. The van der Waals surface area contributed by atoms with Crippen LogP contribution in [0.4, 0.5) is 0 Å². The van der Waals surface area contributed by atoms with E-state index in [1.807, 2.05) is 0 Å². The highest BCUT2D eigenvalue weighted by Crippen LogP contribution is 2.24. The third kappa shape index (κ3) is 3.47. The molecule has 0 bridgehead atoms. The van der Waals surface area contributed by atoms with E-state index in [1.165, 1.54) is 16.7 Å². The molecule has 1 nitrogen and oxygen atoms in total. The highest BCUT2D eigenvalue weighted by Gasteiger charge is 2.08. The Morgan fingerprint density at radius 3 is 2.73 bits per heavy atom. The minimum atomic E-state index is 0.0734. The van der Waals surface area contributed by atoms with Gasteiger partial charge in [0.1, 0.15) is 0 Å². The summed E-state index contributed by atoms with van der Waals surface area (Å²) in [5.41, 5.74) is 9.74. The fraction of sp³-hybridized carbons (Fsp3) is 0.385. The van der Waals surface area contributed by atoms with Crippen LogP contribution in [0, 0.1) is 6.92 Å². The maximum absolute atomic E-state index is 6.11. The van der Waals surface area contributed by atoms with Crippen LogP contribution in [-0.4, -0.2) is 0 Å². The van der Waals surface area contributed by atoms with E-state index >= 15 is 0 Å². The number of rotatable bonds is 4. The van der Waals surface area contributed by atoms with Crippen molar-refractivity contribution in [3.8, 4) is 0 Å². The van der Waals surface area contributed by atoms with Gasteiger partial charge < -0.3 is 5.73 Å². The number of hydrogen-bond acceptors (Lipinski definition) is 1. The lowest BCUT2D eigenvalue weighted by molar-refractivity contribution is 0.700. The Bertz CT molecular complexity index is 358. The Kier molecular flexibility index (Phi) is 4.55. The summed E-state index contributed by atoms with van der Waals surface area (Å²) in [4.78, 5) is 0. The average Bonchev–Trinajstić information content (AvgIpc) is 2.21. The molecular formula is C13H18BrN. The largest absolute Gasteiger partial charge is 0.324 e. The van der Waals surface area contributed by atoms with Gasteiger partial charge in [-0.1, -0.05) is 47.1 Å². The van der Waals surface area contributed by atoms with E-state index in [4.69, 9.17) is 5.73 Å². The second kappa shape index (κ2) is 5.47. The molecule has 0 spiro atoms. The topological polar surface area (TPSA) is 26.0 Å². The Morgan fingerprint density at radius 2 is 2.20 bits per heavy atom. The maximum Gasteiger partial charge on any atom is 0.0332 e. The summed E-state index contributed by atoms with van der Waals surface area (Å²) in [6.45, 7) is 8.18. The zero-order chi connectivity index (χ0) is 11.4. The van der Waals surface area contributed by atoms with Crippen molar-refractivity contribution in [2.45, 2.75) is 32.7 Å². The van der Waals surface area contributed by atoms with Crippen molar-refractivity contribution in [1.82, 2.24) is 0 Å². The van der Waals surface area contributed by atoms with Crippen LogP contribution in [-0.2, 0) is 0 Å². The lowest BCUT2D eigenvalue weighted by Gasteiger charge is -2.14. The summed E-state index contributed by atoms with van der Waals surface area (Å²) in [6.07, 6.45) is 1.88. The van der Waals surface area contributed by atoms with E-state index in [0.29, 0.717) is 0 Å². The van der Waals surface area contributed by atoms with Crippen molar-refractivity contribution in [3.63, 3.8) is 0 Å². The molecule has 1 aromatic carbocycles. The Hall–Kier alpha value is -0.600. The molecule has 15 heavy (non-hydrogen) atoms. The molecule has 0 aliphatic carbocycles. The quantitative estimate of drug-likeness (QED) is 0.817. The lowest BCUT2D eigenvalue weighted by atomic mass is 9.98. The molecule has 1 atom stereocenters. The third-order valence-electron chi connectivity index (χ3n) is 2.62. The van der Waals surface area contributed by atoms with Crippen molar-refractivity contribution in [2.24, 2.45) is 5.73 Å². The highest BCUT2D eigenvalue weighted by atomic mass is 79.9. The molecule has 0 saturated carbocycles. The Morgan fingerprint density at radius 1 is 1.53 bits per heavy atom. The zero-order valence-electron chi connectivity index (χ0n) is 9.39. The molecular weight excluding hydrogens is 250 g/mol. The Labute approximate surface area is 101 Å². The van der Waals surface area contributed by atoms with E-state index in [1.54, 1.807) is 0 Å². The monoisotopic (exact) mass is 267 g/mol. The summed E-state index contributed by atoms with van der Waals surface area (Å²) < 4.78 is 1.13. The van der Waals surface area contributed by atoms with Gasteiger partial charge in [-0.3, -0.25) is 0 Å². The van der Waals surface area contributed by atoms with Crippen molar-refractivity contribution in [2.75, 3.05) is 0 Å². The molecule has 0 saturated heterocycles. The Balaban J connectivity index is 2.78. The molecule has 0 aromatic heterocycles. The molecule has 0 aliphatic heterocycles. The predicted molar refractivity (Wildman–Crippen MR) is 69.9 cm³/mol. The average molecular weight is 268 g/mol. The van der Waals surface area contributed by atoms with E-state index in [9.17, 15) is 0 Å². The predicted octanol–water partition coefficient (Wildman–Crippen LogP) is 4.11. The number of hydrogen-bond donors (Lipinski definition) is 1. The van der Waals surface area contributed by atoms with Crippen LogP contribution in [0.15, 0.2) is 34.8 Å². The number of halogens is 1. The van der Waals surface area contributed by atoms with Gasteiger partial charge in [0.15, 0.2) is 0 Å². The zero-order valence-corrected chi connectivity index (χ0v) is 11.0. The van der Waals surface area contributed by atoms with Crippen molar-refractivity contribution >= 4 is 15.9 Å². The molecule has 0 heterocycles. The third-order valence-corrected chi connectivity index (χ3v) is 3.51. The highest BCUT2D eigenvalue weighted by molar-refractivity contribution is 9.10. The van der Waals surface area contributed by atoms with Crippen LogP contribution < -0.4 is 5.73 Å². The molecule has 2 heteroatoms. The summed E-state index contributed by atoms with van der Waals surface area (Å²) in [7, 11) is 0. The molecule has 1 rings (SSSR count). The second-order valence-corrected chi connectivity index (χ2v) is 4.78. The van der Waals surface area contributed by atoms with Crippen LogP contribution in [0.2, 0.25) is 0 Å². The van der Waals surface area contributed by atoms with Crippen LogP contribution in [0.3, 0.4) is 0 Å². The minimum Gasteiger partial charge on any atom is -0.324 e. The van der Waals surface area contributed by atoms with Crippen LogP contribution >= 0.6 is 15.9 Å². The van der Waals surface area contributed by atoms with Crippen molar-refractivity contribution in [1.29, 1.82) is 0 Å². The molecule has 0 radical (unpaired) electrons. The van der Waals surface area contributed by atoms with Gasteiger partial charge in [-0.25, -0.2) is 0 Å². The van der Waals surface area contributed by atoms with Gasteiger partial charge >= 0.3 is 0 Å². The van der Waals surface area contributed by atoms with E-state index < -0.39 is 0 Å². The maximum atomic E-state index is 6.11. The molecule has 1 aromatic rings. The number of nitrogens with two attached hydrogens (primary N) is 1. The smallest absolute Gasteiger partial charge is 0.0332 e. The van der Waals surface area contributed by atoms with E-state index in [2.05, 4.69) is 54.6 Å². The first-order chi connectivity index (χ1) is 7.04. The second-order valence-electron chi connectivity index (χ2n) is 3.92. The summed E-state index contributed by atoms with van der Waals surface area (Å²) in [5.74, 6) is 0. The van der Waals surface area contributed by atoms with Gasteiger partial charge in [0.25, 0.3) is 0 Å². The van der Waals surface area contributed by atoms with Gasteiger partial charge in [-0.05, 0) is 37.0 Å². The van der Waals surface area contributed by atoms with E-state index in [-0.39, 0.29) is 6.04 Å². The normalized spacial score (nSPS) is 12.5. The first-order valence-corrected chi connectivity index (χ1v) is 6.02. The molecule has 0 fully saturated rings. The lowest BCUT2D eigenvalue weighted by Crippen LogP contribution is -2.11. The molecule has 2 N–H and O–H groups in total. The van der Waals surface area contributed by atoms with Crippen LogP contribution in [0.25, 0.3) is 0 Å². The molecule has 1 unspecified atom stereocenters. The van der Waals surface area contributed by atoms with Crippen LogP contribution in [0.1, 0.15) is 36.9 Å². The van der Waals surface area contributed by atoms with Gasteiger partial charge in [0.2, 0.25) is 0 Å². The van der Waals surface area contributed by atoms with E-state index in [0.717, 1.165) is 17.3 Å². The number of benzene rings is 1. The first kappa shape index (κ1) is 12.5.